The van der Waals surface area contributed by atoms with Gasteiger partial charge in [-0.2, -0.15) is 0 Å². The van der Waals surface area contributed by atoms with Crippen molar-refractivity contribution in [3.05, 3.63) is 47.5 Å². The van der Waals surface area contributed by atoms with Gasteiger partial charge in [0.15, 0.2) is 5.78 Å². The van der Waals surface area contributed by atoms with Crippen LogP contribution in [0, 0.1) is 11.3 Å². The maximum absolute atomic E-state index is 14.4. The monoisotopic (exact) mass is 346 g/mol. The Morgan fingerprint density at radius 2 is 1.88 bits per heavy atom. The molecule has 1 N–H and O–H groups in total. The number of hydrogen-bond donors (Lipinski definition) is 1. The predicted molar refractivity (Wildman–Crippen MR) is 101 cm³/mol. The van der Waals surface area contributed by atoms with Crippen molar-refractivity contribution in [2.75, 3.05) is 0 Å². The molecule has 0 amide bonds. The molecule has 1 saturated carbocycles. The average Bonchev–Trinajstić information content (AvgIpc) is 2.84. The van der Waals surface area contributed by atoms with Crippen LogP contribution in [0.4, 0.5) is 4.39 Å². The summed E-state index contributed by atoms with van der Waals surface area (Å²) >= 11 is 0. The molecule has 0 saturated heterocycles. The number of carbonyl (C=O) groups is 1. The highest BCUT2D eigenvalue weighted by molar-refractivity contribution is 5.99. The Morgan fingerprint density at radius 1 is 1.24 bits per heavy atom. The van der Waals surface area contributed by atoms with Gasteiger partial charge in [0.1, 0.15) is 6.17 Å². The molecule has 1 aromatic carbocycles. The first kappa shape index (κ1) is 19.8. The van der Waals surface area contributed by atoms with E-state index in [2.05, 4.69) is 13.0 Å². The lowest BCUT2D eigenvalue weighted by Gasteiger charge is -2.23. The van der Waals surface area contributed by atoms with Crippen LogP contribution in [0.25, 0.3) is 0 Å². The molecule has 0 bridgehead atoms. The van der Waals surface area contributed by atoms with Crippen LogP contribution in [0.2, 0.25) is 0 Å². The summed E-state index contributed by atoms with van der Waals surface area (Å²) in [6.07, 6.45) is 5.41. The summed E-state index contributed by atoms with van der Waals surface area (Å²) in [5.74, 6) is -0.319. The molecule has 1 aliphatic rings. The Balaban J connectivity index is 2.18. The number of benzene rings is 1. The summed E-state index contributed by atoms with van der Waals surface area (Å²) in [4.78, 5) is 12.4. The molecule has 1 fully saturated rings. The molecular formula is C22H31FO2. The van der Waals surface area contributed by atoms with Gasteiger partial charge in [0, 0.05) is 29.2 Å². The van der Waals surface area contributed by atoms with Gasteiger partial charge in [-0.1, -0.05) is 70.5 Å². The zero-order valence-corrected chi connectivity index (χ0v) is 15.8. The van der Waals surface area contributed by atoms with Crippen LogP contribution in [0.1, 0.15) is 75.2 Å². The van der Waals surface area contributed by atoms with Gasteiger partial charge in [0.25, 0.3) is 0 Å². The average molecular weight is 346 g/mol. The minimum absolute atomic E-state index is 0.0911. The molecule has 1 aliphatic carbocycles. The van der Waals surface area contributed by atoms with Crippen LogP contribution in [0.5, 0.6) is 0 Å². The molecule has 4 atom stereocenters. The predicted octanol–water partition coefficient (Wildman–Crippen LogP) is 5.46. The lowest BCUT2D eigenvalue weighted by atomic mass is 9.82. The number of hydrogen-bond acceptors (Lipinski definition) is 2. The van der Waals surface area contributed by atoms with E-state index in [1.807, 2.05) is 51.1 Å². The summed E-state index contributed by atoms with van der Waals surface area (Å²) < 4.78 is 14.4. The third-order valence-electron chi connectivity index (χ3n) is 5.08. The topological polar surface area (TPSA) is 37.3 Å². The van der Waals surface area contributed by atoms with Crippen LogP contribution < -0.4 is 0 Å². The maximum atomic E-state index is 14.4. The number of aliphatic hydroxyl groups is 1. The Hall–Kier alpha value is -1.48. The van der Waals surface area contributed by atoms with Crippen molar-refractivity contribution < 1.29 is 14.3 Å². The molecule has 0 aromatic heterocycles. The smallest absolute Gasteiger partial charge is 0.168 e. The molecule has 138 valence electrons. The molecular weight excluding hydrogens is 315 g/mol. The number of halogens is 1. The summed E-state index contributed by atoms with van der Waals surface area (Å²) in [6, 6.07) is 7.39. The van der Waals surface area contributed by atoms with Gasteiger partial charge < -0.3 is 5.11 Å². The van der Waals surface area contributed by atoms with E-state index < -0.39 is 17.7 Å². The van der Waals surface area contributed by atoms with E-state index in [1.165, 1.54) is 0 Å². The van der Waals surface area contributed by atoms with Crippen molar-refractivity contribution in [1.29, 1.82) is 0 Å². The summed E-state index contributed by atoms with van der Waals surface area (Å²) in [5, 5.41) is 10.4. The van der Waals surface area contributed by atoms with Crippen LogP contribution in [0.3, 0.4) is 0 Å². The van der Waals surface area contributed by atoms with E-state index in [0.29, 0.717) is 12.0 Å². The molecule has 2 rings (SSSR count). The fraction of sp³-hybridized carbons (Fsp3) is 0.591. The van der Waals surface area contributed by atoms with Crippen molar-refractivity contribution in [1.82, 2.24) is 0 Å². The molecule has 0 spiro atoms. The maximum Gasteiger partial charge on any atom is 0.168 e. The summed E-state index contributed by atoms with van der Waals surface area (Å²) in [7, 11) is 0. The number of allylic oxidation sites excluding steroid dienone is 2. The molecule has 3 heteroatoms. The Bertz CT molecular complexity index is 597. The fourth-order valence-corrected chi connectivity index (χ4v) is 3.65. The van der Waals surface area contributed by atoms with Gasteiger partial charge in [0.2, 0.25) is 0 Å². The lowest BCUT2D eigenvalue weighted by Crippen LogP contribution is -2.21. The Labute approximate surface area is 151 Å². The lowest BCUT2D eigenvalue weighted by molar-refractivity contribution is 0.0858. The largest absolute Gasteiger partial charge is 0.392 e. The summed E-state index contributed by atoms with van der Waals surface area (Å²) in [5.41, 5.74) is 1.16. The van der Waals surface area contributed by atoms with Crippen molar-refractivity contribution in [3.8, 4) is 0 Å². The highest BCUT2D eigenvalue weighted by atomic mass is 19.1. The number of Topliss-reactive ketones (excluding diaryl/α,β-unsaturated/α-hetero) is 1. The number of carbonyl (C=O) groups excluding carboxylic acids is 1. The van der Waals surface area contributed by atoms with Crippen LogP contribution >= 0.6 is 0 Å². The summed E-state index contributed by atoms with van der Waals surface area (Å²) in [6.45, 7) is 7.81. The first-order valence-electron chi connectivity index (χ1n) is 9.37. The highest BCUT2D eigenvalue weighted by Gasteiger charge is 2.42. The number of rotatable bonds is 6. The van der Waals surface area contributed by atoms with Crippen LogP contribution in [-0.2, 0) is 0 Å². The number of unbranched alkanes of at least 4 members (excludes halogenated alkanes) is 1. The second-order valence-corrected chi connectivity index (χ2v) is 8.21. The van der Waals surface area contributed by atoms with E-state index >= 15 is 0 Å². The molecule has 2 nitrogen and oxygen atoms in total. The van der Waals surface area contributed by atoms with Gasteiger partial charge in [-0.25, -0.2) is 4.39 Å². The third-order valence-corrected chi connectivity index (χ3v) is 5.08. The van der Waals surface area contributed by atoms with E-state index in [-0.39, 0.29) is 24.0 Å². The van der Waals surface area contributed by atoms with E-state index in [9.17, 15) is 14.3 Å². The van der Waals surface area contributed by atoms with Crippen molar-refractivity contribution in [3.63, 3.8) is 0 Å². The Kier molecular flexibility index (Phi) is 6.56. The van der Waals surface area contributed by atoms with Gasteiger partial charge in [-0.15, -0.1) is 0 Å². The second-order valence-electron chi connectivity index (χ2n) is 8.21. The molecule has 0 heterocycles. The standard InChI is InChI=1S/C22H31FO2/c1-5-6-7-8-9-17-18(23)14-19(24)20(17)15-10-12-16(13-11-15)21(25)22(2,3)4/h7-8,10-13,17-20,24H,5-6,9,14H2,1-4H3/b8-7-/t17?,18-,19-,20?/m1/s1. The van der Waals surface area contributed by atoms with Crippen LogP contribution in [-0.4, -0.2) is 23.2 Å². The fourth-order valence-electron chi connectivity index (χ4n) is 3.65. The Morgan fingerprint density at radius 3 is 2.44 bits per heavy atom. The molecule has 2 unspecified atom stereocenters. The molecule has 0 aliphatic heterocycles. The van der Waals surface area contributed by atoms with Gasteiger partial charge in [-0.05, 0) is 18.4 Å². The second kappa shape index (κ2) is 8.27. The molecule has 0 radical (unpaired) electrons. The van der Waals surface area contributed by atoms with Gasteiger partial charge >= 0.3 is 0 Å². The number of ketones is 1. The quantitative estimate of drug-likeness (QED) is 0.548. The van der Waals surface area contributed by atoms with Crippen LogP contribution in [0.15, 0.2) is 36.4 Å². The van der Waals surface area contributed by atoms with Crippen molar-refractivity contribution in [2.45, 2.75) is 71.6 Å². The van der Waals surface area contributed by atoms with E-state index in [0.717, 1.165) is 18.4 Å². The SMILES string of the molecule is CCC/C=C\CC1C(c2ccc(C(=O)C(C)(C)C)cc2)[C@H](O)C[C@H]1F. The van der Waals surface area contributed by atoms with E-state index in [4.69, 9.17) is 0 Å². The van der Waals surface area contributed by atoms with Crippen molar-refractivity contribution >= 4 is 5.78 Å². The first-order valence-corrected chi connectivity index (χ1v) is 9.37. The normalized spacial score (nSPS) is 27.1. The number of alkyl halides is 1. The highest BCUT2D eigenvalue weighted by Crippen LogP contribution is 2.43. The van der Waals surface area contributed by atoms with Gasteiger partial charge in [-0.3, -0.25) is 4.79 Å². The van der Waals surface area contributed by atoms with Crippen molar-refractivity contribution in [2.24, 2.45) is 11.3 Å². The zero-order valence-electron chi connectivity index (χ0n) is 15.8. The number of aliphatic hydroxyl groups excluding tert-OH is 1. The first-order chi connectivity index (χ1) is 11.8. The molecule has 1 aromatic rings. The van der Waals surface area contributed by atoms with E-state index in [1.54, 1.807) is 0 Å². The van der Waals surface area contributed by atoms with Gasteiger partial charge in [0.05, 0.1) is 6.10 Å². The molecule has 25 heavy (non-hydrogen) atoms. The minimum Gasteiger partial charge on any atom is -0.392 e. The zero-order chi connectivity index (χ0) is 18.6. The minimum atomic E-state index is -0.984. The third kappa shape index (κ3) is 4.78.